The Kier molecular flexibility index (Phi) is 25.9. The van der Waals surface area contributed by atoms with Crippen molar-refractivity contribution in [3.8, 4) is 0 Å². The Bertz CT molecular complexity index is 823. The van der Waals surface area contributed by atoms with Crippen LogP contribution < -0.4 is 16.0 Å². The van der Waals surface area contributed by atoms with Gasteiger partial charge in [0.25, 0.3) is 5.91 Å². The molecule has 246 valence electrons. The highest BCUT2D eigenvalue weighted by molar-refractivity contribution is 5.82. The maximum atomic E-state index is 11.7. The number of unbranched alkanes of at least 4 members (excludes halogenated alkanes) is 1. The number of carbonyl (C=O) groups is 3. The summed E-state index contributed by atoms with van der Waals surface area (Å²) in [6.45, 7) is 7.07. The molecule has 0 aliphatic heterocycles. The molecule has 0 aromatic carbocycles. The largest absolute Gasteiger partial charge is 0.386 e. The van der Waals surface area contributed by atoms with Gasteiger partial charge in [-0.3, -0.25) is 14.4 Å². The molecule has 0 fully saturated rings. The standard InChI is InChI=1S/C29H50N4O10/c1-2-3-9-30-27(34)23-42-24-28(35)31-10-12-37-14-16-39-18-20-41-21-19-40-17-15-38-13-11-32-29(36)25-43-33-22-26-7-5-4-6-8-26/h5,7-8,22H,2-4,6,9-21,23-25H2,1H3,(H,30,34)(H,31,35)(H,32,36)/b33-22+. The van der Waals surface area contributed by atoms with Gasteiger partial charge in [-0.1, -0.05) is 36.7 Å². The fraction of sp³-hybridized carbons (Fsp3) is 0.724. The number of rotatable bonds is 29. The van der Waals surface area contributed by atoms with Crippen molar-refractivity contribution in [2.24, 2.45) is 5.16 Å². The van der Waals surface area contributed by atoms with Gasteiger partial charge in [0.1, 0.15) is 13.2 Å². The molecule has 1 aliphatic carbocycles. The van der Waals surface area contributed by atoms with Crippen LogP contribution in [0.1, 0.15) is 32.6 Å². The van der Waals surface area contributed by atoms with Crippen LogP contribution in [-0.4, -0.2) is 129 Å². The molecule has 14 heteroatoms. The summed E-state index contributed by atoms with van der Waals surface area (Å²) in [7, 11) is 0. The highest BCUT2D eigenvalue weighted by Crippen LogP contribution is 2.07. The van der Waals surface area contributed by atoms with E-state index in [-0.39, 0.29) is 37.5 Å². The lowest BCUT2D eigenvalue weighted by atomic mass is 10.1. The van der Waals surface area contributed by atoms with Crippen molar-refractivity contribution < 1.29 is 47.6 Å². The first-order chi connectivity index (χ1) is 21.1. The van der Waals surface area contributed by atoms with Gasteiger partial charge in [-0.25, -0.2) is 0 Å². The van der Waals surface area contributed by atoms with Crippen LogP contribution in [0.2, 0.25) is 0 Å². The number of amides is 3. The van der Waals surface area contributed by atoms with E-state index in [1.807, 2.05) is 13.0 Å². The summed E-state index contributed by atoms with van der Waals surface area (Å²) in [6.07, 6.45) is 11.6. The number of nitrogens with zero attached hydrogens (tertiary/aromatic N) is 1. The third-order valence-electron chi connectivity index (χ3n) is 5.44. The Hall–Kier alpha value is -2.88. The maximum Gasteiger partial charge on any atom is 0.260 e. The molecule has 0 bridgehead atoms. The summed E-state index contributed by atoms with van der Waals surface area (Å²) in [5.74, 6) is -0.787. The molecule has 1 aliphatic rings. The van der Waals surface area contributed by atoms with Crippen molar-refractivity contribution in [1.82, 2.24) is 16.0 Å². The summed E-state index contributed by atoms with van der Waals surface area (Å²) in [5.41, 5.74) is 0.976. The second kappa shape index (κ2) is 29.2. The van der Waals surface area contributed by atoms with E-state index in [0.29, 0.717) is 85.7 Å². The summed E-state index contributed by atoms with van der Waals surface area (Å²) < 4.78 is 32.1. The first kappa shape index (κ1) is 38.1. The number of hydrogen-bond donors (Lipinski definition) is 3. The second-order valence-electron chi connectivity index (χ2n) is 9.15. The highest BCUT2D eigenvalue weighted by atomic mass is 16.6. The molecule has 0 radical (unpaired) electrons. The van der Waals surface area contributed by atoms with Crippen LogP contribution in [0, 0.1) is 0 Å². The van der Waals surface area contributed by atoms with Gasteiger partial charge in [-0.2, -0.15) is 0 Å². The van der Waals surface area contributed by atoms with Crippen LogP contribution in [-0.2, 0) is 47.6 Å². The van der Waals surface area contributed by atoms with Crippen LogP contribution in [0.3, 0.4) is 0 Å². The van der Waals surface area contributed by atoms with Gasteiger partial charge in [-0.15, -0.1) is 0 Å². The Labute approximate surface area is 254 Å². The highest BCUT2D eigenvalue weighted by Gasteiger charge is 2.05. The molecule has 43 heavy (non-hydrogen) atoms. The lowest BCUT2D eigenvalue weighted by Gasteiger charge is -2.09. The number of carbonyl (C=O) groups excluding carboxylic acids is 3. The number of hydrogen-bond acceptors (Lipinski definition) is 11. The van der Waals surface area contributed by atoms with Crippen molar-refractivity contribution >= 4 is 23.9 Å². The molecule has 0 heterocycles. The van der Waals surface area contributed by atoms with E-state index in [4.69, 9.17) is 33.3 Å². The van der Waals surface area contributed by atoms with E-state index in [2.05, 4.69) is 33.3 Å². The van der Waals surface area contributed by atoms with Crippen molar-refractivity contribution in [3.05, 3.63) is 23.8 Å². The molecule has 0 aromatic rings. The molecule has 0 saturated carbocycles. The van der Waals surface area contributed by atoms with Crippen molar-refractivity contribution in [2.45, 2.75) is 32.6 Å². The van der Waals surface area contributed by atoms with E-state index in [0.717, 1.165) is 31.3 Å². The van der Waals surface area contributed by atoms with Crippen molar-refractivity contribution in [1.29, 1.82) is 0 Å². The molecule has 0 saturated heterocycles. The van der Waals surface area contributed by atoms with E-state index in [9.17, 15) is 14.4 Å². The Morgan fingerprint density at radius 1 is 0.674 bits per heavy atom. The van der Waals surface area contributed by atoms with Gasteiger partial charge in [0, 0.05) is 19.6 Å². The van der Waals surface area contributed by atoms with Crippen LogP contribution in [0.5, 0.6) is 0 Å². The lowest BCUT2D eigenvalue weighted by Crippen LogP contribution is -2.33. The van der Waals surface area contributed by atoms with E-state index in [1.54, 1.807) is 6.21 Å². The minimum absolute atomic E-state index is 0.133. The molecule has 0 aromatic heterocycles. The first-order valence-corrected chi connectivity index (χ1v) is 14.9. The molecular weight excluding hydrogens is 564 g/mol. The van der Waals surface area contributed by atoms with Gasteiger partial charge in [0.05, 0.1) is 72.3 Å². The normalized spacial score (nSPS) is 12.7. The zero-order valence-corrected chi connectivity index (χ0v) is 25.5. The summed E-state index contributed by atoms with van der Waals surface area (Å²) in [4.78, 5) is 39.8. The number of ether oxygens (including phenoxy) is 6. The maximum absolute atomic E-state index is 11.7. The van der Waals surface area contributed by atoms with Gasteiger partial charge in [-0.05, 0) is 24.8 Å². The van der Waals surface area contributed by atoms with E-state index in [1.165, 1.54) is 0 Å². The Morgan fingerprint density at radius 2 is 1.16 bits per heavy atom. The zero-order chi connectivity index (χ0) is 31.1. The molecule has 0 spiro atoms. The fourth-order valence-electron chi connectivity index (χ4n) is 3.22. The third-order valence-corrected chi connectivity index (χ3v) is 5.44. The smallest absolute Gasteiger partial charge is 0.260 e. The quantitative estimate of drug-likeness (QED) is 0.0615. The lowest BCUT2D eigenvalue weighted by molar-refractivity contribution is -0.131. The van der Waals surface area contributed by atoms with Gasteiger partial charge in [0.2, 0.25) is 11.8 Å². The average Bonchev–Trinajstić information content (AvgIpc) is 3.01. The van der Waals surface area contributed by atoms with Crippen LogP contribution in [0.4, 0.5) is 0 Å². The second-order valence-corrected chi connectivity index (χ2v) is 9.15. The SMILES string of the molecule is CCCCNC(=O)COCC(=O)NCCOCCOCCOCCOCCOCCNC(=O)CO/N=C/C1=CCCC=C1. The molecular formula is C29H50N4O10. The Balaban J connectivity index is 1.73. The summed E-state index contributed by atoms with van der Waals surface area (Å²) in [6, 6.07) is 0. The fourth-order valence-corrected chi connectivity index (χ4v) is 3.22. The average molecular weight is 615 g/mol. The topological polar surface area (TPSA) is 164 Å². The van der Waals surface area contributed by atoms with Gasteiger partial charge >= 0.3 is 0 Å². The monoisotopic (exact) mass is 614 g/mol. The molecule has 0 unspecified atom stereocenters. The molecule has 0 atom stereocenters. The minimum Gasteiger partial charge on any atom is -0.386 e. The third kappa shape index (κ3) is 26.5. The molecule has 3 N–H and O–H groups in total. The number of allylic oxidation sites excluding steroid dienone is 4. The van der Waals surface area contributed by atoms with Crippen molar-refractivity contribution in [2.75, 3.05) is 106 Å². The minimum atomic E-state index is -0.301. The molecule has 1 rings (SSSR count). The van der Waals surface area contributed by atoms with E-state index < -0.39 is 0 Å². The number of oxime groups is 1. The van der Waals surface area contributed by atoms with Gasteiger partial charge < -0.3 is 49.2 Å². The molecule has 14 nitrogen and oxygen atoms in total. The summed E-state index contributed by atoms with van der Waals surface area (Å²) >= 11 is 0. The van der Waals surface area contributed by atoms with Crippen LogP contribution in [0.25, 0.3) is 0 Å². The molecule has 3 amide bonds. The first-order valence-electron chi connectivity index (χ1n) is 14.9. The number of nitrogens with one attached hydrogen (secondary N) is 3. The zero-order valence-electron chi connectivity index (χ0n) is 25.5. The predicted octanol–water partition coefficient (Wildman–Crippen LogP) is 0.514. The van der Waals surface area contributed by atoms with Crippen LogP contribution in [0.15, 0.2) is 29.0 Å². The predicted molar refractivity (Wildman–Crippen MR) is 160 cm³/mol. The van der Waals surface area contributed by atoms with E-state index >= 15 is 0 Å². The Morgan fingerprint density at radius 3 is 1.65 bits per heavy atom. The van der Waals surface area contributed by atoms with Crippen LogP contribution >= 0.6 is 0 Å². The van der Waals surface area contributed by atoms with Crippen molar-refractivity contribution in [3.63, 3.8) is 0 Å². The summed E-state index contributed by atoms with van der Waals surface area (Å²) in [5, 5.41) is 11.8. The van der Waals surface area contributed by atoms with Gasteiger partial charge in [0.15, 0.2) is 6.61 Å².